The van der Waals surface area contributed by atoms with E-state index in [2.05, 4.69) is 19.2 Å². The Morgan fingerprint density at radius 1 is 1.15 bits per heavy atom. The maximum Gasteiger partial charge on any atom is 0.251 e. The molecule has 0 unspecified atom stereocenters. The number of hydrogen-bond acceptors (Lipinski definition) is 3. The first kappa shape index (κ1) is 19.5. The summed E-state index contributed by atoms with van der Waals surface area (Å²) >= 11 is 1.64. The summed E-state index contributed by atoms with van der Waals surface area (Å²) in [6.45, 7) is 5.58. The van der Waals surface area contributed by atoms with Gasteiger partial charge in [-0.1, -0.05) is 56.3 Å². The quantitative estimate of drug-likeness (QED) is 0.779. The van der Waals surface area contributed by atoms with E-state index in [0.717, 1.165) is 17.5 Å². The Hall–Kier alpha value is -2.27. The SMILES string of the molecule is CC(C)CCNC(=O)c1ccc([C@H]2SCC(=O)N2Cc2ccccc2)cc1. The molecule has 27 heavy (non-hydrogen) atoms. The number of benzene rings is 2. The first-order valence-electron chi connectivity index (χ1n) is 9.37. The van der Waals surface area contributed by atoms with Crippen molar-refractivity contribution in [1.29, 1.82) is 0 Å². The zero-order valence-corrected chi connectivity index (χ0v) is 16.7. The van der Waals surface area contributed by atoms with Crippen LogP contribution in [0.15, 0.2) is 54.6 Å². The van der Waals surface area contributed by atoms with Gasteiger partial charge < -0.3 is 10.2 Å². The van der Waals surface area contributed by atoms with Crippen molar-refractivity contribution in [3.63, 3.8) is 0 Å². The fourth-order valence-corrected chi connectivity index (χ4v) is 4.24. The van der Waals surface area contributed by atoms with E-state index in [0.29, 0.717) is 30.3 Å². The van der Waals surface area contributed by atoms with Gasteiger partial charge in [0.15, 0.2) is 0 Å². The van der Waals surface area contributed by atoms with Gasteiger partial charge in [0.25, 0.3) is 5.91 Å². The smallest absolute Gasteiger partial charge is 0.251 e. The Kier molecular flexibility index (Phi) is 6.56. The van der Waals surface area contributed by atoms with E-state index < -0.39 is 0 Å². The summed E-state index contributed by atoms with van der Waals surface area (Å²) in [6, 6.07) is 17.7. The Labute approximate surface area is 165 Å². The van der Waals surface area contributed by atoms with Crippen LogP contribution in [-0.2, 0) is 11.3 Å². The summed E-state index contributed by atoms with van der Waals surface area (Å²) in [7, 11) is 0. The second-order valence-electron chi connectivity index (χ2n) is 7.23. The average molecular weight is 383 g/mol. The zero-order valence-electron chi connectivity index (χ0n) is 15.9. The molecule has 2 amide bonds. The van der Waals surface area contributed by atoms with Gasteiger partial charge in [-0.2, -0.15) is 0 Å². The van der Waals surface area contributed by atoms with Crippen molar-refractivity contribution in [3.05, 3.63) is 71.3 Å². The van der Waals surface area contributed by atoms with Crippen LogP contribution in [0.25, 0.3) is 0 Å². The molecule has 0 bridgehead atoms. The first-order chi connectivity index (χ1) is 13.0. The molecule has 1 fully saturated rings. The van der Waals surface area contributed by atoms with Crippen molar-refractivity contribution >= 4 is 23.6 Å². The van der Waals surface area contributed by atoms with E-state index >= 15 is 0 Å². The largest absolute Gasteiger partial charge is 0.352 e. The molecule has 1 aliphatic heterocycles. The maximum atomic E-state index is 12.4. The zero-order chi connectivity index (χ0) is 19.2. The molecule has 1 N–H and O–H groups in total. The lowest BCUT2D eigenvalue weighted by atomic mass is 10.1. The van der Waals surface area contributed by atoms with Gasteiger partial charge in [-0.25, -0.2) is 0 Å². The minimum absolute atomic E-state index is 0.00393. The van der Waals surface area contributed by atoms with Crippen molar-refractivity contribution in [2.75, 3.05) is 12.3 Å². The number of hydrogen-bond donors (Lipinski definition) is 1. The molecule has 2 aromatic carbocycles. The summed E-state index contributed by atoms with van der Waals surface area (Å²) < 4.78 is 0. The molecule has 0 aliphatic carbocycles. The number of nitrogens with one attached hydrogen (secondary N) is 1. The lowest BCUT2D eigenvalue weighted by Crippen LogP contribution is -2.28. The summed E-state index contributed by atoms with van der Waals surface area (Å²) in [6.07, 6.45) is 0.971. The lowest BCUT2D eigenvalue weighted by molar-refractivity contribution is -0.128. The van der Waals surface area contributed by atoms with E-state index in [-0.39, 0.29) is 17.2 Å². The Morgan fingerprint density at radius 2 is 1.85 bits per heavy atom. The predicted octanol–water partition coefficient (Wildman–Crippen LogP) is 4.24. The van der Waals surface area contributed by atoms with E-state index in [1.165, 1.54) is 0 Å². The topological polar surface area (TPSA) is 49.4 Å². The molecule has 0 radical (unpaired) electrons. The highest BCUT2D eigenvalue weighted by Gasteiger charge is 2.32. The number of nitrogens with zero attached hydrogens (tertiary/aromatic N) is 1. The number of rotatable bonds is 7. The summed E-state index contributed by atoms with van der Waals surface area (Å²) in [5, 5.41) is 2.96. The van der Waals surface area contributed by atoms with Crippen LogP contribution in [-0.4, -0.2) is 29.0 Å². The van der Waals surface area contributed by atoms with E-state index in [1.54, 1.807) is 11.8 Å². The van der Waals surface area contributed by atoms with Gasteiger partial charge in [0.1, 0.15) is 5.37 Å². The van der Waals surface area contributed by atoms with E-state index in [9.17, 15) is 9.59 Å². The third-order valence-electron chi connectivity index (χ3n) is 4.63. The van der Waals surface area contributed by atoms with Gasteiger partial charge in [-0.3, -0.25) is 9.59 Å². The lowest BCUT2D eigenvalue weighted by Gasteiger charge is -2.24. The first-order valence-corrected chi connectivity index (χ1v) is 10.4. The highest BCUT2D eigenvalue weighted by atomic mass is 32.2. The number of carbonyl (C=O) groups excluding carboxylic acids is 2. The Morgan fingerprint density at radius 3 is 2.52 bits per heavy atom. The molecule has 1 saturated heterocycles. The molecular weight excluding hydrogens is 356 g/mol. The van der Waals surface area contributed by atoms with Crippen molar-refractivity contribution in [2.45, 2.75) is 32.2 Å². The molecule has 5 heteroatoms. The molecular formula is C22H26N2O2S. The van der Waals surface area contributed by atoms with Gasteiger partial charge >= 0.3 is 0 Å². The number of thioether (sulfide) groups is 1. The van der Waals surface area contributed by atoms with Crippen LogP contribution in [0.1, 0.15) is 47.1 Å². The summed E-state index contributed by atoms with van der Waals surface area (Å²) in [5.41, 5.74) is 2.84. The van der Waals surface area contributed by atoms with Crippen molar-refractivity contribution < 1.29 is 9.59 Å². The van der Waals surface area contributed by atoms with Gasteiger partial charge in [0.05, 0.1) is 5.75 Å². The molecule has 0 saturated carbocycles. The van der Waals surface area contributed by atoms with Crippen LogP contribution >= 0.6 is 11.8 Å². The van der Waals surface area contributed by atoms with E-state index in [4.69, 9.17) is 0 Å². The maximum absolute atomic E-state index is 12.4. The number of carbonyl (C=O) groups is 2. The normalized spacial score (nSPS) is 16.8. The minimum atomic E-state index is -0.0431. The molecule has 1 aliphatic rings. The fourth-order valence-electron chi connectivity index (χ4n) is 3.06. The van der Waals surface area contributed by atoms with Gasteiger partial charge in [0.2, 0.25) is 5.91 Å². The fraction of sp³-hybridized carbons (Fsp3) is 0.364. The van der Waals surface area contributed by atoms with E-state index in [1.807, 2.05) is 59.5 Å². The monoisotopic (exact) mass is 382 g/mol. The van der Waals surface area contributed by atoms with Crippen LogP contribution in [0, 0.1) is 5.92 Å². The molecule has 1 heterocycles. The summed E-state index contributed by atoms with van der Waals surface area (Å²) in [4.78, 5) is 26.5. The van der Waals surface area contributed by atoms with Crippen molar-refractivity contribution in [2.24, 2.45) is 5.92 Å². The molecule has 3 rings (SSSR count). The second-order valence-corrected chi connectivity index (χ2v) is 8.30. The Balaban J connectivity index is 1.66. The van der Waals surface area contributed by atoms with Gasteiger partial charge in [-0.05, 0) is 35.6 Å². The van der Waals surface area contributed by atoms with Gasteiger partial charge in [0, 0.05) is 18.7 Å². The van der Waals surface area contributed by atoms with Crippen molar-refractivity contribution in [1.82, 2.24) is 10.2 Å². The van der Waals surface area contributed by atoms with Crippen LogP contribution in [0.3, 0.4) is 0 Å². The summed E-state index contributed by atoms with van der Waals surface area (Å²) in [5.74, 6) is 1.18. The van der Waals surface area contributed by atoms with Crippen LogP contribution < -0.4 is 5.32 Å². The highest BCUT2D eigenvalue weighted by molar-refractivity contribution is 8.00. The number of amides is 2. The van der Waals surface area contributed by atoms with Crippen molar-refractivity contribution in [3.8, 4) is 0 Å². The second kappa shape index (κ2) is 9.09. The standard InChI is InChI=1S/C22H26N2O2S/c1-16(2)12-13-23-21(26)18-8-10-19(11-9-18)22-24(20(25)15-27-22)14-17-6-4-3-5-7-17/h3-11,16,22H,12-15H2,1-2H3,(H,23,26)/t22-/m1/s1. The van der Waals surface area contributed by atoms with Gasteiger partial charge in [-0.15, -0.1) is 11.8 Å². The predicted molar refractivity (Wildman–Crippen MR) is 110 cm³/mol. The molecule has 0 spiro atoms. The molecule has 2 aromatic rings. The van der Waals surface area contributed by atoms with Crippen LogP contribution in [0.2, 0.25) is 0 Å². The molecule has 1 atom stereocenters. The Bertz CT molecular complexity index is 775. The van der Waals surface area contributed by atoms with Crippen LogP contribution in [0.5, 0.6) is 0 Å². The molecule has 142 valence electrons. The highest BCUT2D eigenvalue weighted by Crippen LogP contribution is 2.39. The third-order valence-corrected chi connectivity index (χ3v) is 5.89. The minimum Gasteiger partial charge on any atom is -0.352 e. The molecule has 4 nitrogen and oxygen atoms in total. The average Bonchev–Trinajstić information content (AvgIpc) is 3.03. The molecule has 0 aromatic heterocycles. The van der Waals surface area contributed by atoms with Crippen LogP contribution in [0.4, 0.5) is 0 Å². The third kappa shape index (κ3) is 5.13.